The first-order valence-electron chi connectivity index (χ1n) is 4.68. The quantitative estimate of drug-likeness (QED) is 0.919. The van der Waals surface area contributed by atoms with Gasteiger partial charge in [-0.15, -0.1) is 11.3 Å². The van der Waals surface area contributed by atoms with Crippen LogP contribution in [-0.4, -0.2) is 20.9 Å². The highest BCUT2D eigenvalue weighted by atomic mass is 35.5. The number of nitrogens with zero attached hydrogens (tertiary/aromatic N) is 2. The molecular weight excluding hydrogens is 248 g/mol. The van der Waals surface area contributed by atoms with Crippen molar-refractivity contribution in [2.45, 2.75) is 13.5 Å². The largest absolute Gasteiger partial charge is 0.476 e. The minimum atomic E-state index is -1.10. The van der Waals surface area contributed by atoms with Gasteiger partial charge in [-0.3, -0.25) is 4.68 Å². The van der Waals surface area contributed by atoms with Crippen LogP contribution < -0.4 is 0 Å². The number of hydrogen-bond donors (Lipinski definition) is 1. The Morgan fingerprint density at radius 3 is 2.94 bits per heavy atom. The van der Waals surface area contributed by atoms with Gasteiger partial charge < -0.3 is 5.11 Å². The Morgan fingerprint density at radius 1 is 1.69 bits per heavy atom. The molecule has 0 saturated carbocycles. The molecule has 1 N–H and O–H groups in total. The molecule has 0 amide bonds. The summed E-state index contributed by atoms with van der Waals surface area (Å²) in [5.74, 6) is -1.10. The Bertz CT molecular complexity index is 519. The van der Waals surface area contributed by atoms with E-state index in [1.54, 1.807) is 4.68 Å². The number of halogens is 1. The van der Waals surface area contributed by atoms with E-state index in [1.165, 1.54) is 11.3 Å². The number of carbonyl (C=O) groups is 1. The Hall–Kier alpha value is -1.33. The second-order valence-electron chi connectivity index (χ2n) is 3.11. The standard InChI is InChI=1S/C10H9ClN2O2S/c1-2-13-9(6-4-3-5-16-6)7(11)8(12-13)10(14)15/h3-5H,2H2,1H3,(H,14,15). The van der Waals surface area contributed by atoms with E-state index in [4.69, 9.17) is 16.7 Å². The van der Waals surface area contributed by atoms with E-state index in [-0.39, 0.29) is 10.7 Å². The number of aromatic nitrogens is 2. The summed E-state index contributed by atoms with van der Waals surface area (Å²) in [5.41, 5.74) is 0.587. The van der Waals surface area contributed by atoms with Gasteiger partial charge in [0, 0.05) is 6.54 Å². The maximum Gasteiger partial charge on any atom is 0.358 e. The number of aryl methyl sites for hydroxylation is 1. The molecule has 0 aliphatic rings. The first kappa shape index (κ1) is 11.2. The summed E-state index contributed by atoms with van der Waals surface area (Å²) in [6, 6.07) is 3.79. The molecule has 6 heteroatoms. The van der Waals surface area contributed by atoms with Crippen LogP contribution in [0.15, 0.2) is 17.5 Å². The van der Waals surface area contributed by atoms with Crippen molar-refractivity contribution in [1.29, 1.82) is 0 Å². The van der Waals surface area contributed by atoms with Crippen LogP contribution in [0.25, 0.3) is 10.6 Å². The monoisotopic (exact) mass is 256 g/mol. The summed E-state index contributed by atoms with van der Waals surface area (Å²) in [6.07, 6.45) is 0. The average Bonchev–Trinajstić information content (AvgIpc) is 2.83. The van der Waals surface area contributed by atoms with Gasteiger partial charge in [0.1, 0.15) is 5.02 Å². The van der Waals surface area contributed by atoms with Crippen LogP contribution in [0.3, 0.4) is 0 Å². The second kappa shape index (κ2) is 4.27. The Labute approximate surface area is 101 Å². The summed E-state index contributed by atoms with van der Waals surface area (Å²) < 4.78 is 1.61. The van der Waals surface area contributed by atoms with Crippen LogP contribution >= 0.6 is 22.9 Å². The van der Waals surface area contributed by atoms with Gasteiger partial charge in [-0.05, 0) is 18.4 Å². The van der Waals surface area contributed by atoms with Crippen LogP contribution in [0.5, 0.6) is 0 Å². The van der Waals surface area contributed by atoms with Gasteiger partial charge in [0.15, 0.2) is 5.69 Å². The maximum atomic E-state index is 10.9. The molecule has 0 aliphatic carbocycles. The van der Waals surface area contributed by atoms with Crippen molar-refractivity contribution in [2.75, 3.05) is 0 Å². The van der Waals surface area contributed by atoms with Crippen LogP contribution in [0.2, 0.25) is 5.02 Å². The third-order valence-electron chi connectivity index (χ3n) is 2.15. The smallest absolute Gasteiger partial charge is 0.358 e. The summed E-state index contributed by atoms with van der Waals surface area (Å²) in [5, 5.41) is 15.0. The molecule has 2 aromatic rings. The van der Waals surface area contributed by atoms with Crippen LogP contribution in [0, 0.1) is 0 Å². The van der Waals surface area contributed by atoms with E-state index in [1.807, 2.05) is 24.4 Å². The zero-order valence-corrected chi connectivity index (χ0v) is 10.0. The second-order valence-corrected chi connectivity index (χ2v) is 4.44. The fraction of sp³-hybridized carbons (Fsp3) is 0.200. The molecule has 4 nitrogen and oxygen atoms in total. The summed E-state index contributed by atoms with van der Waals surface area (Å²) in [7, 11) is 0. The van der Waals surface area contributed by atoms with Gasteiger partial charge in [0.05, 0.1) is 10.6 Å². The van der Waals surface area contributed by atoms with E-state index < -0.39 is 5.97 Å². The first-order valence-corrected chi connectivity index (χ1v) is 5.94. The van der Waals surface area contributed by atoms with Crippen LogP contribution in [-0.2, 0) is 6.54 Å². The lowest BCUT2D eigenvalue weighted by molar-refractivity contribution is 0.0689. The SMILES string of the molecule is CCn1nc(C(=O)O)c(Cl)c1-c1cccs1. The Morgan fingerprint density at radius 2 is 2.44 bits per heavy atom. The number of carboxylic acids is 1. The Balaban J connectivity index is 2.64. The fourth-order valence-electron chi connectivity index (χ4n) is 1.45. The normalized spacial score (nSPS) is 10.6. The average molecular weight is 257 g/mol. The highest BCUT2D eigenvalue weighted by molar-refractivity contribution is 7.13. The number of hydrogen-bond acceptors (Lipinski definition) is 3. The van der Waals surface area contributed by atoms with Crippen molar-refractivity contribution < 1.29 is 9.90 Å². The van der Waals surface area contributed by atoms with Gasteiger partial charge >= 0.3 is 5.97 Å². The Kier molecular flexibility index (Phi) is 2.98. The summed E-state index contributed by atoms with van der Waals surface area (Å²) in [6.45, 7) is 2.48. The molecule has 0 aromatic carbocycles. The number of rotatable bonds is 3. The highest BCUT2D eigenvalue weighted by Crippen LogP contribution is 2.33. The van der Waals surface area contributed by atoms with Gasteiger partial charge in [0.25, 0.3) is 0 Å². The van der Waals surface area contributed by atoms with Gasteiger partial charge in [0.2, 0.25) is 0 Å². The molecule has 0 bridgehead atoms. The molecule has 0 unspecified atom stereocenters. The van der Waals surface area contributed by atoms with Crippen LogP contribution in [0.1, 0.15) is 17.4 Å². The third-order valence-corrected chi connectivity index (χ3v) is 3.39. The third kappa shape index (κ3) is 1.72. The van der Waals surface area contributed by atoms with Gasteiger partial charge in [-0.25, -0.2) is 4.79 Å². The molecular formula is C10H9ClN2O2S. The first-order chi connectivity index (χ1) is 7.65. The topological polar surface area (TPSA) is 55.1 Å². The molecule has 16 heavy (non-hydrogen) atoms. The van der Waals surface area contributed by atoms with E-state index in [9.17, 15) is 4.79 Å². The van der Waals surface area contributed by atoms with E-state index in [2.05, 4.69) is 5.10 Å². The lowest BCUT2D eigenvalue weighted by Gasteiger charge is -2.01. The molecule has 0 spiro atoms. The highest BCUT2D eigenvalue weighted by Gasteiger charge is 2.21. The minimum absolute atomic E-state index is 0.0908. The molecule has 0 saturated heterocycles. The molecule has 2 heterocycles. The lowest BCUT2D eigenvalue weighted by Crippen LogP contribution is -2.02. The molecule has 0 aliphatic heterocycles. The summed E-state index contributed by atoms with van der Waals surface area (Å²) >= 11 is 7.54. The number of thiophene rings is 1. The number of aromatic carboxylic acids is 1. The maximum absolute atomic E-state index is 10.9. The lowest BCUT2D eigenvalue weighted by atomic mass is 10.3. The molecule has 0 atom stereocenters. The van der Waals surface area contributed by atoms with Crippen molar-refractivity contribution in [3.8, 4) is 10.6 Å². The zero-order valence-electron chi connectivity index (χ0n) is 8.48. The molecule has 2 aromatic heterocycles. The predicted octanol–water partition coefficient (Wildman–Crippen LogP) is 2.98. The van der Waals surface area contributed by atoms with Crippen molar-refractivity contribution in [2.24, 2.45) is 0 Å². The summed E-state index contributed by atoms with van der Waals surface area (Å²) in [4.78, 5) is 11.8. The van der Waals surface area contributed by atoms with Gasteiger partial charge in [-0.1, -0.05) is 17.7 Å². The molecule has 2 rings (SSSR count). The number of carboxylic acid groups (broad SMARTS) is 1. The van der Waals surface area contributed by atoms with E-state index in [0.717, 1.165) is 4.88 Å². The van der Waals surface area contributed by atoms with E-state index in [0.29, 0.717) is 12.2 Å². The van der Waals surface area contributed by atoms with Crippen LogP contribution in [0.4, 0.5) is 0 Å². The van der Waals surface area contributed by atoms with Gasteiger partial charge in [-0.2, -0.15) is 5.10 Å². The molecule has 0 radical (unpaired) electrons. The van der Waals surface area contributed by atoms with Crippen molar-refractivity contribution in [1.82, 2.24) is 9.78 Å². The van der Waals surface area contributed by atoms with Crippen molar-refractivity contribution in [3.63, 3.8) is 0 Å². The zero-order chi connectivity index (χ0) is 11.7. The van der Waals surface area contributed by atoms with Crippen molar-refractivity contribution >= 4 is 28.9 Å². The predicted molar refractivity (Wildman–Crippen MR) is 63.2 cm³/mol. The molecule has 0 fully saturated rings. The van der Waals surface area contributed by atoms with E-state index >= 15 is 0 Å². The minimum Gasteiger partial charge on any atom is -0.476 e. The fourth-order valence-corrected chi connectivity index (χ4v) is 2.61. The molecule has 84 valence electrons. The van der Waals surface area contributed by atoms with Crippen molar-refractivity contribution in [3.05, 3.63) is 28.2 Å².